The number of pyridine rings is 1. The van der Waals surface area contributed by atoms with Gasteiger partial charge in [0.25, 0.3) is 5.91 Å². The summed E-state index contributed by atoms with van der Waals surface area (Å²) in [6, 6.07) is 11.9. The minimum atomic E-state index is -0.461. The third kappa shape index (κ3) is 4.82. The van der Waals surface area contributed by atoms with Gasteiger partial charge in [-0.1, -0.05) is 12.1 Å². The van der Waals surface area contributed by atoms with E-state index in [9.17, 15) is 9.90 Å². The lowest BCUT2D eigenvalue weighted by Gasteiger charge is -2.49. The summed E-state index contributed by atoms with van der Waals surface area (Å²) in [6.45, 7) is 6.68. The maximum absolute atomic E-state index is 12.9. The number of nitrogens with zero attached hydrogens (tertiary/aromatic N) is 3. The van der Waals surface area contributed by atoms with Crippen LogP contribution in [0.3, 0.4) is 0 Å². The van der Waals surface area contributed by atoms with Crippen molar-refractivity contribution in [3.63, 3.8) is 0 Å². The maximum Gasteiger partial charge on any atom is 0.255 e. The highest BCUT2D eigenvalue weighted by atomic mass is 16.5. The van der Waals surface area contributed by atoms with Crippen molar-refractivity contribution in [2.24, 2.45) is 5.41 Å². The van der Waals surface area contributed by atoms with Gasteiger partial charge in [-0.2, -0.15) is 0 Å². The predicted molar refractivity (Wildman–Crippen MR) is 115 cm³/mol. The smallest absolute Gasteiger partial charge is 0.255 e. The summed E-state index contributed by atoms with van der Waals surface area (Å²) >= 11 is 0. The van der Waals surface area contributed by atoms with E-state index in [4.69, 9.17) is 4.74 Å². The Hall–Kier alpha value is -2.44. The number of amides is 1. The van der Waals surface area contributed by atoms with Crippen molar-refractivity contribution in [1.82, 2.24) is 14.8 Å². The van der Waals surface area contributed by atoms with Gasteiger partial charge in [-0.25, -0.2) is 0 Å². The first-order valence-electron chi connectivity index (χ1n) is 10.9. The molecule has 0 bridgehead atoms. The highest BCUT2D eigenvalue weighted by Crippen LogP contribution is 2.40. The van der Waals surface area contributed by atoms with Crippen molar-refractivity contribution < 1.29 is 14.6 Å². The van der Waals surface area contributed by atoms with Gasteiger partial charge in [0.15, 0.2) is 0 Å². The van der Waals surface area contributed by atoms with Crippen LogP contribution < -0.4 is 4.74 Å². The molecule has 1 N–H and O–H groups in total. The summed E-state index contributed by atoms with van der Waals surface area (Å²) in [6.07, 6.45) is 5.59. The Kier molecular flexibility index (Phi) is 6.35. The number of ether oxygens (including phenoxy) is 1. The van der Waals surface area contributed by atoms with Crippen LogP contribution in [0.5, 0.6) is 5.75 Å². The normalized spacial score (nSPS) is 21.5. The SMILES string of the molecule is CCOc1ccc(CN2CCC3(CC2)CC(O)CN(C(=O)c2cccnc2)C3)cc1. The fourth-order valence-corrected chi connectivity index (χ4v) is 4.84. The Bertz CT molecular complexity index is 833. The van der Waals surface area contributed by atoms with Gasteiger partial charge in [0.1, 0.15) is 5.75 Å². The van der Waals surface area contributed by atoms with Crippen molar-refractivity contribution in [2.45, 2.75) is 38.8 Å². The van der Waals surface area contributed by atoms with E-state index in [1.807, 2.05) is 24.0 Å². The van der Waals surface area contributed by atoms with Crippen LogP contribution in [-0.4, -0.2) is 64.7 Å². The van der Waals surface area contributed by atoms with Crippen LogP contribution in [0.25, 0.3) is 0 Å². The molecule has 2 saturated heterocycles. The Morgan fingerprint density at radius 1 is 1.23 bits per heavy atom. The second-order valence-electron chi connectivity index (χ2n) is 8.64. The van der Waals surface area contributed by atoms with Crippen molar-refractivity contribution >= 4 is 5.91 Å². The molecular formula is C24H31N3O3. The van der Waals surface area contributed by atoms with Crippen LogP contribution in [-0.2, 0) is 6.54 Å². The number of benzene rings is 1. The minimum absolute atomic E-state index is 0.00482. The standard InChI is InChI=1S/C24H31N3O3/c1-2-30-22-7-5-19(6-8-22)16-26-12-9-24(10-13-26)14-21(28)17-27(18-24)23(29)20-4-3-11-25-15-20/h3-8,11,15,21,28H,2,9-10,12-14,16-18H2,1H3. The summed E-state index contributed by atoms with van der Waals surface area (Å²) in [5.41, 5.74) is 1.88. The number of rotatable bonds is 5. The molecule has 0 radical (unpaired) electrons. The first kappa shape index (κ1) is 20.8. The molecule has 30 heavy (non-hydrogen) atoms. The molecule has 2 aliphatic heterocycles. The number of likely N-dealkylation sites (tertiary alicyclic amines) is 2. The number of aliphatic hydroxyl groups is 1. The van der Waals surface area contributed by atoms with E-state index in [1.165, 1.54) is 5.56 Å². The Labute approximate surface area is 178 Å². The van der Waals surface area contributed by atoms with Crippen molar-refractivity contribution in [2.75, 3.05) is 32.8 Å². The van der Waals surface area contributed by atoms with Crippen LogP contribution in [0.4, 0.5) is 0 Å². The molecule has 160 valence electrons. The molecule has 6 heteroatoms. The molecule has 1 atom stereocenters. The molecule has 0 aliphatic carbocycles. The topological polar surface area (TPSA) is 65.9 Å². The molecule has 2 fully saturated rings. The zero-order valence-electron chi connectivity index (χ0n) is 17.7. The molecule has 0 saturated carbocycles. The quantitative estimate of drug-likeness (QED) is 0.823. The predicted octanol–water partition coefficient (Wildman–Crippen LogP) is 2.97. The van der Waals surface area contributed by atoms with Gasteiger partial charge in [-0.05, 0) is 74.5 Å². The number of carbonyl (C=O) groups is 1. The van der Waals surface area contributed by atoms with Crippen LogP contribution in [0.2, 0.25) is 0 Å². The van der Waals surface area contributed by atoms with E-state index >= 15 is 0 Å². The van der Waals surface area contributed by atoms with Gasteiger partial charge in [0.2, 0.25) is 0 Å². The van der Waals surface area contributed by atoms with E-state index in [1.54, 1.807) is 24.5 Å². The molecule has 4 rings (SSSR count). The summed E-state index contributed by atoms with van der Waals surface area (Å²) in [7, 11) is 0. The lowest BCUT2D eigenvalue weighted by Crippen LogP contribution is -2.55. The molecule has 2 aromatic rings. The van der Waals surface area contributed by atoms with E-state index < -0.39 is 6.10 Å². The molecule has 1 spiro atoms. The van der Waals surface area contributed by atoms with Gasteiger partial charge in [0, 0.05) is 32.0 Å². The molecule has 1 amide bonds. The zero-order valence-corrected chi connectivity index (χ0v) is 17.7. The highest BCUT2D eigenvalue weighted by Gasteiger charge is 2.42. The van der Waals surface area contributed by atoms with Crippen LogP contribution >= 0.6 is 0 Å². The number of aliphatic hydroxyl groups excluding tert-OH is 1. The lowest BCUT2D eigenvalue weighted by atomic mass is 9.71. The fourth-order valence-electron chi connectivity index (χ4n) is 4.84. The van der Waals surface area contributed by atoms with E-state index in [0.29, 0.717) is 25.3 Å². The Balaban J connectivity index is 1.36. The maximum atomic E-state index is 12.9. The monoisotopic (exact) mass is 409 g/mol. The highest BCUT2D eigenvalue weighted by molar-refractivity contribution is 5.94. The largest absolute Gasteiger partial charge is 0.494 e. The zero-order chi connectivity index (χ0) is 21.0. The Morgan fingerprint density at radius 2 is 2.00 bits per heavy atom. The van der Waals surface area contributed by atoms with Crippen LogP contribution in [0.15, 0.2) is 48.8 Å². The number of piperidine rings is 2. The first-order chi connectivity index (χ1) is 14.6. The number of hydrogen-bond acceptors (Lipinski definition) is 5. The molecular weight excluding hydrogens is 378 g/mol. The first-order valence-corrected chi connectivity index (χ1v) is 10.9. The molecule has 2 aliphatic rings. The second kappa shape index (κ2) is 9.14. The summed E-state index contributed by atoms with van der Waals surface area (Å²) in [5.74, 6) is 0.881. The molecule has 1 aromatic carbocycles. The second-order valence-corrected chi connectivity index (χ2v) is 8.64. The molecule has 6 nitrogen and oxygen atoms in total. The fraction of sp³-hybridized carbons (Fsp3) is 0.500. The van der Waals surface area contributed by atoms with E-state index in [2.05, 4.69) is 22.0 Å². The minimum Gasteiger partial charge on any atom is -0.494 e. The molecule has 1 aromatic heterocycles. The van der Waals surface area contributed by atoms with E-state index in [0.717, 1.165) is 44.6 Å². The van der Waals surface area contributed by atoms with Crippen LogP contribution in [0.1, 0.15) is 42.1 Å². The van der Waals surface area contributed by atoms with Gasteiger partial charge >= 0.3 is 0 Å². The van der Waals surface area contributed by atoms with Crippen molar-refractivity contribution in [1.29, 1.82) is 0 Å². The van der Waals surface area contributed by atoms with Gasteiger partial charge in [-0.3, -0.25) is 14.7 Å². The lowest BCUT2D eigenvalue weighted by molar-refractivity contribution is -0.0337. The van der Waals surface area contributed by atoms with Gasteiger partial charge < -0.3 is 14.7 Å². The average Bonchev–Trinajstić information content (AvgIpc) is 2.77. The Morgan fingerprint density at radius 3 is 2.67 bits per heavy atom. The summed E-state index contributed by atoms with van der Waals surface area (Å²) in [4.78, 5) is 21.3. The van der Waals surface area contributed by atoms with Crippen LogP contribution in [0, 0.1) is 5.41 Å². The average molecular weight is 410 g/mol. The molecule has 3 heterocycles. The van der Waals surface area contributed by atoms with Crippen molar-refractivity contribution in [3.8, 4) is 5.75 Å². The molecule has 1 unspecified atom stereocenters. The number of β-amino-alcohol motifs (C(OH)–C–C–N with tert-alkyl or cyclic N) is 1. The van der Waals surface area contributed by atoms with Gasteiger partial charge in [0.05, 0.1) is 18.3 Å². The van der Waals surface area contributed by atoms with Crippen molar-refractivity contribution in [3.05, 3.63) is 59.9 Å². The van der Waals surface area contributed by atoms with Gasteiger partial charge in [-0.15, -0.1) is 0 Å². The number of hydrogen-bond donors (Lipinski definition) is 1. The third-order valence-corrected chi connectivity index (χ3v) is 6.38. The van der Waals surface area contributed by atoms with E-state index in [-0.39, 0.29) is 11.3 Å². The summed E-state index contributed by atoms with van der Waals surface area (Å²) in [5, 5.41) is 10.5. The number of carbonyl (C=O) groups excluding carboxylic acids is 1. The third-order valence-electron chi connectivity index (χ3n) is 6.38. The number of aromatic nitrogens is 1. The summed E-state index contributed by atoms with van der Waals surface area (Å²) < 4.78 is 5.52.